The number of aromatic nitrogens is 1. The minimum Gasteiger partial charge on any atom is -0.383 e. The Bertz CT molecular complexity index is 352. The molecule has 1 rings (SSSR count). The molecule has 0 aliphatic heterocycles. The summed E-state index contributed by atoms with van der Waals surface area (Å²) in [6.07, 6.45) is 1.48. The van der Waals surface area contributed by atoms with Gasteiger partial charge in [0.15, 0.2) is 0 Å². The van der Waals surface area contributed by atoms with E-state index in [1.165, 1.54) is 6.20 Å². The van der Waals surface area contributed by atoms with Gasteiger partial charge in [-0.3, -0.25) is 4.79 Å². The average molecular weight is 305 g/mol. The SMILES string of the molecule is CC(C)NC(=O)c1cnc(N)c(I)c1. The summed E-state index contributed by atoms with van der Waals surface area (Å²) in [5.74, 6) is 0.331. The highest BCUT2D eigenvalue weighted by molar-refractivity contribution is 14.1. The minimum atomic E-state index is -0.120. The number of nitrogens with one attached hydrogen (secondary N) is 1. The predicted molar refractivity (Wildman–Crippen MR) is 64.0 cm³/mol. The number of hydrogen-bond donors (Lipinski definition) is 2. The number of pyridine rings is 1. The summed E-state index contributed by atoms with van der Waals surface area (Å²) in [4.78, 5) is 15.4. The molecule has 0 atom stereocenters. The van der Waals surface area contributed by atoms with Gasteiger partial charge in [0.25, 0.3) is 5.91 Å². The van der Waals surface area contributed by atoms with Crippen molar-refractivity contribution in [3.8, 4) is 0 Å². The predicted octanol–water partition coefficient (Wildman–Crippen LogP) is 1.41. The van der Waals surface area contributed by atoms with Crippen molar-refractivity contribution in [2.24, 2.45) is 0 Å². The fourth-order valence-electron chi connectivity index (χ4n) is 0.918. The molecule has 4 nitrogen and oxygen atoms in total. The molecule has 0 fully saturated rings. The molecule has 0 saturated heterocycles. The zero-order chi connectivity index (χ0) is 10.7. The van der Waals surface area contributed by atoms with Crippen molar-refractivity contribution in [1.82, 2.24) is 10.3 Å². The van der Waals surface area contributed by atoms with Gasteiger partial charge in [-0.2, -0.15) is 0 Å². The van der Waals surface area contributed by atoms with Crippen LogP contribution in [0.2, 0.25) is 0 Å². The zero-order valence-corrected chi connectivity index (χ0v) is 10.2. The highest BCUT2D eigenvalue weighted by Gasteiger charge is 2.08. The van der Waals surface area contributed by atoms with Crippen molar-refractivity contribution in [1.29, 1.82) is 0 Å². The summed E-state index contributed by atoms with van der Waals surface area (Å²) in [5.41, 5.74) is 6.08. The van der Waals surface area contributed by atoms with Crippen molar-refractivity contribution < 1.29 is 4.79 Å². The Morgan fingerprint density at radius 1 is 1.64 bits per heavy atom. The second-order valence-electron chi connectivity index (χ2n) is 3.22. The average Bonchev–Trinajstić information content (AvgIpc) is 2.08. The normalized spacial score (nSPS) is 10.3. The van der Waals surface area contributed by atoms with Crippen LogP contribution in [0.4, 0.5) is 5.82 Å². The standard InChI is InChI=1S/C9H12IN3O/c1-5(2)13-9(14)6-3-7(10)8(11)12-4-6/h3-5H,1-2H3,(H2,11,12)(H,13,14). The van der Waals surface area contributed by atoms with Gasteiger partial charge in [0, 0.05) is 12.2 Å². The van der Waals surface area contributed by atoms with Crippen LogP contribution >= 0.6 is 22.6 Å². The van der Waals surface area contributed by atoms with Gasteiger partial charge in [-0.05, 0) is 42.5 Å². The van der Waals surface area contributed by atoms with Gasteiger partial charge in [0.05, 0.1) is 9.13 Å². The molecule has 1 heterocycles. The summed E-state index contributed by atoms with van der Waals surface area (Å²) in [5, 5.41) is 2.78. The van der Waals surface area contributed by atoms with Crippen LogP contribution in [0.3, 0.4) is 0 Å². The zero-order valence-electron chi connectivity index (χ0n) is 8.04. The Hall–Kier alpha value is -0.850. The Labute approximate surface area is 96.4 Å². The lowest BCUT2D eigenvalue weighted by Crippen LogP contribution is -2.30. The van der Waals surface area contributed by atoms with Crippen LogP contribution in [0.1, 0.15) is 24.2 Å². The van der Waals surface area contributed by atoms with Crippen LogP contribution in [0, 0.1) is 3.57 Å². The van der Waals surface area contributed by atoms with Crippen LogP contribution < -0.4 is 11.1 Å². The van der Waals surface area contributed by atoms with E-state index >= 15 is 0 Å². The fourth-order valence-corrected chi connectivity index (χ4v) is 1.39. The Kier molecular flexibility index (Phi) is 3.68. The van der Waals surface area contributed by atoms with Crippen molar-refractivity contribution >= 4 is 34.3 Å². The smallest absolute Gasteiger partial charge is 0.253 e. The lowest BCUT2D eigenvalue weighted by Gasteiger charge is -2.08. The molecule has 3 N–H and O–H groups in total. The third-order valence-electron chi connectivity index (χ3n) is 1.55. The number of nitrogen functional groups attached to an aromatic ring is 1. The molecular weight excluding hydrogens is 293 g/mol. The monoisotopic (exact) mass is 305 g/mol. The molecule has 0 bridgehead atoms. The Balaban J connectivity index is 2.86. The third kappa shape index (κ3) is 2.83. The summed E-state index contributed by atoms with van der Waals surface area (Å²) in [7, 11) is 0. The maximum atomic E-state index is 11.5. The maximum absolute atomic E-state index is 11.5. The van der Waals surface area contributed by atoms with Gasteiger partial charge in [-0.15, -0.1) is 0 Å². The number of amides is 1. The molecule has 0 aliphatic rings. The second-order valence-corrected chi connectivity index (χ2v) is 4.38. The lowest BCUT2D eigenvalue weighted by molar-refractivity contribution is 0.0942. The van der Waals surface area contributed by atoms with E-state index in [9.17, 15) is 4.79 Å². The first-order valence-corrected chi connectivity index (χ1v) is 5.30. The van der Waals surface area contributed by atoms with Gasteiger partial charge >= 0.3 is 0 Å². The largest absolute Gasteiger partial charge is 0.383 e. The molecule has 76 valence electrons. The van der Waals surface area contributed by atoms with Crippen molar-refractivity contribution in [2.45, 2.75) is 19.9 Å². The van der Waals surface area contributed by atoms with E-state index in [1.807, 2.05) is 36.4 Å². The third-order valence-corrected chi connectivity index (χ3v) is 2.42. The van der Waals surface area contributed by atoms with E-state index < -0.39 is 0 Å². The summed E-state index contributed by atoms with van der Waals surface area (Å²) >= 11 is 2.05. The lowest BCUT2D eigenvalue weighted by atomic mass is 10.2. The summed E-state index contributed by atoms with van der Waals surface area (Å²) in [6, 6.07) is 1.85. The van der Waals surface area contributed by atoms with Crippen LogP contribution in [0.15, 0.2) is 12.3 Å². The van der Waals surface area contributed by atoms with Crippen LogP contribution in [0.5, 0.6) is 0 Å². The Morgan fingerprint density at radius 2 is 2.29 bits per heavy atom. The highest BCUT2D eigenvalue weighted by Crippen LogP contribution is 2.13. The van der Waals surface area contributed by atoms with E-state index in [0.717, 1.165) is 3.57 Å². The van der Waals surface area contributed by atoms with E-state index in [2.05, 4.69) is 10.3 Å². The van der Waals surface area contributed by atoms with Gasteiger partial charge in [0.2, 0.25) is 0 Å². The van der Waals surface area contributed by atoms with Gasteiger partial charge in [-0.1, -0.05) is 0 Å². The van der Waals surface area contributed by atoms with Crippen LogP contribution in [0.25, 0.3) is 0 Å². The first kappa shape index (κ1) is 11.2. The van der Waals surface area contributed by atoms with Crippen LogP contribution in [-0.2, 0) is 0 Å². The minimum absolute atomic E-state index is 0.120. The van der Waals surface area contributed by atoms with Gasteiger partial charge in [0.1, 0.15) is 5.82 Å². The van der Waals surface area contributed by atoms with Crippen molar-refractivity contribution in [2.75, 3.05) is 5.73 Å². The number of anilines is 1. The first-order valence-electron chi connectivity index (χ1n) is 4.22. The topological polar surface area (TPSA) is 68.0 Å². The molecule has 1 aromatic heterocycles. The van der Waals surface area contributed by atoms with Gasteiger partial charge < -0.3 is 11.1 Å². The van der Waals surface area contributed by atoms with Crippen molar-refractivity contribution in [3.63, 3.8) is 0 Å². The number of halogens is 1. The molecule has 1 amide bonds. The number of rotatable bonds is 2. The number of nitrogens with two attached hydrogens (primary N) is 1. The summed E-state index contributed by atoms with van der Waals surface area (Å²) < 4.78 is 0.791. The molecule has 0 spiro atoms. The maximum Gasteiger partial charge on any atom is 0.253 e. The Morgan fingerprint density at radius 3 is 2.79 bits per heavy atom. The molecule has 1 aromatic rings. The number of carbonyl (C=O) groups excluding carboxylic acids is 1. The van der Waals surface area contributed by atoms with Crippen LogP contribution in [-0.4, -0.2) is 16.9 Å². The first-order chi connectivity index (χ1) is 6.50. The van der Waals surface area contributed by atoms with E-state index in [-0.39, 0.29) is 11.9 Å². The molecule has 14 heavy (non-hydrogen) atoms. The molecule has 0 radical (unpaired) electrons. The van der Waals surface area contributed by atoms with Gasteiger partial charge in [-0.25, -0.2) is 4.98 Å². The quantitative estimate of drug-likeness (QED) is 0.812. The molecule has 0 aliphatic carbocycles. The molecule has 0 unspecified atom stereocenters. The van der Waals surface area contributed by atoms with Crippen molar-refractivity contribution in [3.05, 3.63) is 21.4 Å². The molecule has 5 heteroatoms. The number of carbonyl (C=O) groups is 1. The number of nitrogens with zero attached hydrogens (tertiary/aromatic N) is 1. The summed E-state index contributed by atoms with van der Waals surface area (Å²) in [6.45, 7) is 3.82. The molecule has 0 saturated carbocycles. The van der Waals surface area contributed by atoms with E-state index in [4.69, 9.17) is 5.73 Å². The number of hydrogen-bond acceptors (Lipinski definition) is 3. The highest BCUT2D eigenvalue weighted by atomic mass is 127. The second kappa shape index (κ2) is 4.59. The van der Waals surface area contributed by atoms with E-state index in [1.54, 1.807) is 6.07 Å². The molecular formula is C9H12IN3O. The van der Waals surface area contributed by atoms with E-state index in [0.29, 0.717) is 11.4 Å². The fraction of sp³-hybridized carbons (Fsp3) is 0.333. The molecule has 0 aromatic carbocycles.